The Morgan fingerprint density at radius 3 is 2.88 bits per heavy atom. The van der Waals surface area contributed by atoms with Crippen LogP contribution >= 0.6 is 23.4 Å². The number of fused-ring (bicyclic) bond motifs is 1. The van der Waals surface area contributed by atoms with Crippen molar-refractivity contribution in [1.29, 1.82) is 5.26 Å². The Hall–Kier alpha value is -2.08. The maximum absolute atomic E-state index is 13.3. The fraction of sp³-hybridized carbons (Fsp3) is 0.565. The van der Waals surface area contributed by atoms with Crippen molar-refractivity contribution in [1.82, 2.24) is 14.9 Å². The van der Waals surface area contributed by atoms with E-state index in [1.54, 1.807) is 29.7 Å². The molecule has 1 saturated heterocycles. The van der Waals surface area contributed by atoms with Gasteiger partial charge in [-0.2, -0.15) is 5.26 Å². The van der Waals surface area contributed by atoms with Gasteiger partial charge in [-0.05, 0) is 50.8 Å². The van der Waals surface area contributed by atoms with Crippen molar-refractivity contribution in [2.45, 2.75) is 80.5 Å². The van der Waals surface area contributed by atoms with E-state index in [9.17, 15) is 14.9 Å². The molecule has 170 valence electrons. The lowest BCUT2D eigenvalue weighted by molar-refractivity contribution is -0.121. The molecule has 2 heterocycles. The van der Waals surface area contributed by atoms with Gasteiger partial charge in [-0.25, -0.2) is 4.98 Å². The maximum atomic E-state index is 13.3. The first kappa shape index (κ1) is 23.1. The van der Waals surface area contributed by atoms with Crippen molar-refractivity contribution in [3.63, 3.8) is 0 Å². The molecule has 1 aliphatic heterocycles. The Labute approximate surface area is 196 Å². The Morgan fingerprint density at radius 2 is 2.19 bits per heavy atom. The summed E-state index contributed by atoms with van der Waals surface area (Å²) in [5, 5.41) is 13.6. The number of ether oxygens (including phenoxy) is 1. The van der Waals surface area contributed by atoms with Gasteiger partial charge in [0.15, 0.2) is 5.16 Å². The summed E-state index contributed by atoms with van der Waals surface area (Å²) in [6, 6.07) is 7.35. The molecule has 0 radical (unpaired) electrons. The van der Waals surface area contributed by atoms with Crippen molar-refractivity contribution in [2.75, 3.05) is 6.61 Å². The number of thioether (sulfide) groups is 1. The molecule has 1 aliphatic carbocycles. The van der Waals surface area contributed by atoms with E-state index in [1.165, 1.54) is 11.8 Å². The largest absolute Gasteiger partial charge is 0.376 e. The second-order valence-electron chi connectivity index (χ2n) is 8.61. The van der Waals surface area contributed by atoms with E-state index in [-0.39, 0.29) is 17.6 Å². The molecule has 9 heteroatoms. The number of amides is 1. The highest BCUT2D eigenvalue weighted by atomic mass is 35.5. The molecule has 2 unspecified atom stereocenters. The Morgan fingerprint density at radius 1 is 1.41 bits per heavy atom. The number of aromatic nitrogens is 2. The predicted molar refractivity (Wildman–Crippen MR) is 125 cm³/mol. The van der Waals surface area contributed by atoms with Gasteiger partial charge in [0.25, 0.3) is 5.56 Å². The molecule has 2 aliphatic rings. The summed E-state index contributed by atoms with van der Waals surface area (Å²) in [6.07, 6.45) is 6.09. The minimum Gasteiger partial charge on any atom is -0.376 e. The molecule has 1 saturated carbocycles. The second-order valence-corrected chi connectivity index (χ2v) is 10.4. The molecule has 1 amide bonds. The van der Waals surface area contributed by atoms with Gasteiger partial charge < -0.3 is 10.1 Å². The Balaban J connectivity index is 1.62. The quantitative estimate of drug-likeness (QED) is 0.501. The van der Waals surface area contributed by atoms with Crippen LogP contribution in [0.1, 0.15) is 51.9 Å². The molecule has 2 fully saturated rings. The fourth-order valence-corrected chi connectivity index (χ4v) is 5.47. The molecule has 4 rings (SSSR count). The SMILES string of the molecule is CC(Sc1nc2cc(Cl)ccc2c(=O)n1CC1CCCO1)C(=O)NC1(C#N)CCCCC1. The molecular weight excluding hydrogens is 448 g/mol. The van der Waals surface area contributed by atoms with Crippen LogP contribution < -0.4 is 10.9 Å². The number of hydrogen-bond donors (Lipinski definition) is 1. The van der Waals surface area contributed by atoms with E-state index in [0.29, 0.717) is 47.1 Å². The zero-order chi connectivity index (χ0) is 22.7. The minimum absolute atomic E-state index is 0.0492. The number of rotatable bonds is 6. The summed E-state index contributed by atoms with van der Waals surface area (Å²) in [5.41, 5.74) is -0.466. The fourth-order valence-electron chi connectivity index (χ4n) is 4.39. The number of carbonyl (C=O) groups excluding carboxylic acids is 1. The normalized spacial score (nSPS) is 21.2. The van der Waals surface area contributed by atoms with Gasteiger partial charge in [-0.3, -0.25) is 14.2 Å². The number of carbonyl (C=O) groups is 1. The van der Waals surface area contributed by atoms with E-state index < -0.39 is 10.8 Å². The van der Waals surface area contributed by atoms with Crippen LogP contribution in [0, 0.1) is 11.3 Å². The van der Waals surface area contributed by atoms with Crippen LogP contribution in [-0.2, 0) is 16.1 Å². The van der Waals surface area contributed by atoms with Gasteiger partial charge in [0, 0.05) is 11.6 Å². The molecule has 1 aromatic carbocycles. The minimum atomic E-state index is -0.800. The first-order valence-corrected chi connectivity index (χ1v) is 12.4. The van der Waals surface area contributed by atoms with Crippen molar-refractivity contribution in [3.05, 3.63) is 33.6 Å². The highest BCUT2D eigenvalue weighted by Crippen LogP contribution is 2.30. The lowest BCUT2D eigenvalue weighted by Gasteiger charge is -2.32. The molecule has 2 aromatic rings. The highest BCUT2D eigenvalue weighted by molar-refractivity contribution is 8.00. The third kappa shape index (κ3) is 4.95. The lowest BCUT2D eigenvalue weighted by Crippen LogP contribution is -2.51. The first-order chi connectivity index (χ1) is 15.4. The number of nitriles is 1. The number of nitrogens with one attached hydrogen (secondary N) is 1. The molecule has 0 spiro atoms. The smallest absolute Gasteiger partial charge is 0.262 e. The molecule has 32 heavy (non-hydrogen) atoms. The van der Waals surface area contributed by atoms with Gasteiger partial charge >= 0.3 is 0 Å². The monoisotopic (exact) mass is 474 g/mol. The lowest BCUT2D eigenvalue weighted by atomic mass is 9.83. The predicted octanol–water partition coefficient (Wildman–Crippen LogP) is 4.05. The van der Waals surface area contributed by atoms with Gasteiger partial charge in [0.2, 0.25) is 5.91 Å². The molecule has 1 aromatic heterocycles. The van der Waals surface area contributed by atoms with Crippen LogP contribution in [0.5, 0.6) is 0 Å². The molecule has 0 bridgehead atoms. The summed E-state index contributed by atoms with van der Waals surface area (Å²) >= 11 is 7.35. The van der Waals surface area contributed by atoms with Crippen LogP contribution in [0.25, 0.3) is 10.9 Å². The van der Waals surface area contributed by atoms with Gasteiger partial charge in [-0.1, -0.05) is 42.6 Å². The number of nitrogens with zero attached hydrogens (tertiary/aromatic N) is 3. The summed E-state index contributed by atoms with van der Waals surface area (Å²) < 4.78 is 7.36. The summed E-state index contributed by atoms with van der Waals surface area (Å²) in [7, 11) is 0. The van der Waals surface area contributed by atoms with Gasteiger partial charge in [-0.15, -0.1) is 0 Å². The molecule has 2 atom stereocenters. The van der Waals surface area contributed by atoms with E-state index in [4.69, 9.17) is 16.3 Å². The van der Waals surface area contributed by atoms with E-state index in [1.807, 2.05) is 0 Å². The van der Waals surface area contributed by atoms with Crippen molar-refractivity contribution in [2.24, 2.45) is 0 Å². The number of benzene rings is 1. The highest BCUT2D eigenvalue weighted by Gasteiger charge is 2.35. The van der Waals surface area contributed by atoms with E-state index in [2.05, 4.69) is 16.4 Å². The third-order valence-electron chi connectivity index (χ3n) is 6.23. The van der Waals surface area contributed by atoms with Gasteiger partial charge in [0.1, 0.15) is 5.54 Å². The molecular formula is C23H27ClN4O3S. The van der Waals surface area contributed by atoms with Crippen LogP contribution in [0.15, 0.2) is 28.2 Å². The topological polar surface area (TPSA) is 97.0 Å². The Kier molecular flexibility index (Phi) is 7.08. The van der Waals surface area contributed by atoms with Crippen molar-refractivity contribution >= 4 is 40.2 Å². The number of halogens is 1. The molecule has 7 nitrogen and oxygen atoms in total. The zero-order valence-corrected chi connectivity index (χ0v) is 19.7. The van der Waals surface area contributed by atoms with Crippen molar-refractivity contribution in [3.8, 4) is 6.07 Å². The molecule has 1 N–H and O–H groups in total. The summed E-state index contributed by atoms with van der Waals surface area (Å²) in [4.78, 5) is 31.0. The van der Waals surface area contributed by atoms with Crippen LogP contribution in [0.4, 0.5) is 0 Å². The van der Waals surface area contributed by atoms with Crippen LogP contribution in [0.2, 0.25) is 5.02 Å². The van der Waals surface area contributed by atoms with Crippen LogP contribution in [0.3, 0.4) is 0 Å². The van der Waals surface area contributed by atoms with E-state index >= 15 is 0 Å². The van der Waals surface area contributed by atoms with Gasteiger partial charge in [0.05, 0.1) is 34.9 Å². The second kappa shape index (κ2) is 9.82. The zero-order valence-electron chi connectivity index (χ0n) is 18.1. The third-order valence-corrected chi connectivity index (χ3v) is 7.55. The average Bonchev–Trinajstić information content (AvgIpc) is 3.30. The maximum Gasteiger partial charge on any atom is 0.262 e. The standard InChI is InChI=1S/C23H27ClN4O3S/c1-15(20(29)27-23(14-25)9-3-2-4-10-23)32-22-26-19-12-16(24)7-8-18(19)21(30)28(22)13-17-6-5-11-31-17/h7-8,12,15,17H,2-6,9-11,13H2,1H3,(H,27,29). The first-order valence-electron chi connectivity index (χ1n) is 11.1. The summed E-state index contributed by atoms with van der Waals surface area (Å²) in [6.45, 7) is 2.86. The van der Waals surface area contributed by atoms with Crippen molar-refractivity contribution < 1.29 is 9.53 Å². The van der Waals surface area contributed by atoms with Crippen LogP contribution in [-0.4, -0.2) is 39.0 Å². The number of hydrogen-bond acceptors (Lipinski definition) is 6. The average molecular weight is 475 g/mol. The van der Waals surface area contributed by atoms with E-state index in [0.717, 1.165) is 32.1 Å². The summed E-state index contributed by atoms with van der Waals surface area (Å²) in [5.74, 6) is -0.220. The Bertz CT molecular complexity index is 1100.